The van der Waals surface area contributed by atoms with E-state index in [2.05, 4.69) is 6.92 Å². The van der Waals surface area contributed by atoms with Crippen molar-refractivity contribution in [1.29, 1.82) is 0 Å². The molecule has 4 nitrogen and oxygen atoms in total. The smallest absolute Gasteiger partial charge is 0.306 e. The van der Waals surface area contributed by atoms with Crippen molar-refractivity contribution in [3.8, 4) is 5.75 Å². The van der Waals surface area contributed by atoms with Crippen molar-refractivity contribution < 1.29 is 19.1 Å². The quantitative estimate of drug-likeness (QED) is 0.621. The maximum Gasteiger partial charge on any atom is 0.306 e. The molecule has 0 spiro atoms. The summed E-state index contributed by atoms with van der Waals surface area (Å²) in [5.41, 5.74) is 1.28. The first-order chi connectivity index (χ1) is 10.2. The van der Waals surface area contributed by atoms with Crippen LogP contribution in [0.3, 0.4) is 0 Å². The number of ether oxygens (including phenoxy) is 2. The van der Waals surface area contributed by atoms with Gasteiger partial charge in [-0.15, -0.1) is 0 Å². The highest BCUT2D eigenvalue weighted by atomic mass is 16.5. The van der Waals surface area contributed by atoms with Gasteiger partial charge in [0.25, 0.3) is 0 Å². The van der Waals surface area contributed by atoms with E-state index in [0.29, 0.717) is 12.4 Å². The van der Waals surface area contributed by atoms with Crippen LogP contribution in [0.25, 0.3) is 0 Å². The molecule has 0 unspecified atom stereocenters. The molecule has 116 valence electrons. The topological polar surface area (TPSA) is 52.6 Å². The largest absolute Gasteiger partial charge is 0.486 e. The summed E-state index contributed by atoms with van der Waals surface area (Å²) >= 11 is 0. The van der Waals surface area contributed by atoms with Gasteiger partial charge >= 0.3 is 5.97 Å². The molecule has 1 aromatic rings. The van der Waals surface area contributed by atoms with Gasteiger partial charge in [-0.3, -0.25) is 9.59 Å². The van der Waals surface area contributed by atoms with Crippen LogP contribution < -0.4 is 4.74 Å². The predicted molar refractivity (Wildman–Crippen MR) is 81.4 cm³/mol. The summed E-state index contributed by atoms with van der Waals surface area (Å²) in [6.07, 6.45) is 3.69. The molecule has 21 heavy (non-hydrogen) atoms. The Kier molecular flexibility index (Phi) is 8.17. The molecule has 1 rings (SSSR count). The minimum absolute atomic E-state index is 0.00624. The first kappa shape index (κ1) is 17.2. The average Bonchev–Trinajstić information content (AvgIpc) is 2.50. The van der Waals surface area contributed by atoms with Crippen LogP contribution >= 0.6 is 0 Å². The first-order valence-electron chi connectivity index (χ1n) is 7.54. The van der Waals surface area contributed by atoms with Gasteiger partial charge in [0.2, 0.25) is 0 Å². The van der Waals surface area contributed by atoms with E-state index in [1.165, 1.54) is 18.4 Å². The number of carbonyl (C=O) groups is 2. The minimum atomic E-state index is -0.342. The van der Waals surface area contributed by atoms with E-state index < -0.39 is 0 Å². The zero-order chi connectivity index (χ0) is 15.5. The van der Waals surface area contributed by atoms with Crippen molar-refractivity contribution >= 4 is 11.8 Å². The lowest BCUT2D eigenvalue weighted by molar-refractivity contribution is -0.144. The van der Waals surface area contributed by atoms with Gasteiger partial charge in [0.05, 0.1) is 13.0 Å². The third-order valence-electron chi connectivity index (χ3n) is 3.06. The summed E-state index contributed by atoms with van der Waals surface area (Å²) in [5.74, 6) is 0.240. The van der Waals surface area contributed by atoms with Crippen LogP contribution in [0.5, 0.6) is 5.75 Å². The molecule has 0 bridgehead atoms. The lowest BCUT2D eigenvalue weighted by Crippen LogP contribution is -2.14. The highest BCUT2D eigenvalue weighted by Crippen LogP contribution is 2.14. The fourth-order valence-electron chi connectivity index (χ4n) is 1.84. The molecule has 0 N–H and O–H groups in total. The van der Waals surface area contributed by atoms with Crippen molar-refractivity contribution in [2.75, 3.05) is 13.2 Å². The fraction of sp³-hybridized carbons (Fsp3) is 0.529. The molecule has 0 atom stereocenters. The van der Waals surface area contributed by atoms with E-state index in [1.54, 1.807) is 6.92 Å². The Labute approximate surface area is 126 Å². The Morgan fingerprint density at radius 2 is 1.76 bits per heavy atom. The van der Waals surface area contributed by atoms with E-state index >= 15 is 0 Å². The second-order valence-corrected chi connectivity index (χ2v) is 4.88. The minimum Gasteiger partial charge on any atom is -0.486 e. The maximum absolute atomic E-state index is 11.6. The van der Waals surface area contributed by atoms with Crippen LogP contribution in [-0.2, 0) is 20.7 Å². The highest BCUT2D eigenvalue weighted by Gasteiger charge is 2.08. The summed E-state index contributed by atoms with van der Waals surface area (Å²) in [6.45, 7) is 4.24. The van der Waals surface area contributed by atoms with Gasteiger partial charge in [-0.1, -0.05) is 25.5 Å². The van der Waals surface area contributed by atoms with Crippen molar-refractivity contribution in [2.24, 2.45) is 0 Å². The fourth-order valence-corrected chi connectivity index (χ4v) is 1.84. The van der Waals surface area contributed by atoms with E-state index in [0.717, 1.165) is 6.42 Å². The Balaban J connectivity index is 2.27. The van der Waals surface area contributed by atoms with Crippen molar-refractivity contribution in [2.45, 2.75) is 46.0 Å². The lowest BCUT2D eigenvalue weighted by atomic mass is 10.1. The number of unbranched alkanes of at least 4 members (excludes halogenated alkanes) is 1. The predicted octanol–water partition coefficient (Wildman–Crippen LogP) is 3.32. The molecular formula is C17H24O4. The lowest BCUT2D eigenvalue weighted by Gasteiger charge is -2.07. The summed E-state index contributed by atoms with van der Waals surface area (Å²) in [5, 5.41) is 0. The van der Waals surface area contributed by atoms with Gasteiger partial charge in [0, 0.05) is 6.42 Å². The number of carbonyl (C=O) groups excluding carboxylic acids is 2. The number of benzene rings is 1. The molecule has 0 aromatic heterocycles. The SMILES string of the molecule is CCCCc1ccc(OCC(=O)CCC(=O)OCC)cc1. The molecule has 0 aliphatic heterocycles. The van der Waals surface area contributed by atoms with Crippen LogP contribution in [0.15, 0.2) is 24.3 Å². The Hall–Kier alpha value is -1.84. The van der Waals surface area contributed by atoms with Gasteiger partial charge < -0.3 is 9.47 Å². The second-order valence-electron chi connectivity index (χ2n) is 4.88. The Morgan fingerprint density at radius 3 is 2.38 bits per heavy atom. The number of Topliss-reactive ketones (excluding diaryl/α,β-unsaturated/α-hetero) is 1. The molecule has 0 aliphatic carbocycles. The zero-order valence-corrected chi connectivity index (χ0v) is 12.9. The third kappa shape index (κ3) is 7.49. The number of aryl methyl sites for hydroxylation is 1. The van der Waals surface area contributed by atoms with Gasteiger partial charge in [-0.25, -0.2) is 0 Å². The average molecular weight is 292 g/mol. The van der Waals surface area contributed by atoms with E-state index in [1.807, 2.05) is 24.3 Å². The molecule has 0 aliphatic rings. The normalized spacial score (nSPS) is 10.2. The Bertz CT molecular complexity index is 437. The van der Waals surface area contributed by atoms with Gasteiger partial charge in [0.1, 0.15) is 12.4 Å². The van der Waals surface area contributed by atoms with Crippen LogP contribution in [0.2, 0.25) is 0 Å². The van der Waals surface area contributed by atoms with Crippen molar-refractivity contribution in [1.82, 2.24) is 0 Å². The molecule has 0 saturated carbocycles. The van der Waals surface area contributed by atoms with Gasteiger partial charge in [-0.05, 0) is 37.5 Å². The zero-order valence-electron chi connectivity index (χ0n) is 12.9. The van der Waals surface area contributed by atoms with Gasteiger partial charge in [0.15, 0.2) is 5.78 Å². The monoisotopic (exact) mass is 292 g/mol. The molecule has 0 amide bonds. The van der Waals surface area contributed by atoms with Gasteiger partial charge in [-0.2, -0.15) is 0 Å². The van der Waals surface area contributed by atoms with Crippen molar-refractivity contribution in [3.05, 3.63) is 29.8 Å². The molecular weight excluding hydrogens is 268 g/mol. The van der Waals surface area contributed by atoms with E-state index in [-0.39, 0.29) is 31.2 Å². The van der Waals surface area contributed by atoms with Crippen molar-refractivity contribution in [3.63, 3.8) is 0 Å². The van der Waals surface area contributed by atoms with Crippen LogP contribution in [0.1, 0.15) is 45.1 Å². The highest BCUT2D eigenvalue weighted by molar-refractivity contribution is 5.84. The molecule has 0 radical (unpaired) electrons. The second kappa shape index (κ2) is 9.97. The number of hydrogen-bond donors (Lipinski definition) is 0. The van der Waals surface area contributed by atoms with Crippen LogP contribution in [0, 0.1) is 0 Å². The number of ketones is 1. The molecule has 4 heteroatoms. The van der Waals surface area contributed by atoms with Crippen LogP contribution in [-0.4, -0.2) is 25.0 Å². The summed E-state index contributed by atoms with van der Waals surface area (Å²) in [6, 6.07) is 7.80. The number of esters is 1. The number of hydrogen-bond acceptors (Lipinski definition) is 4. The Morgan fingerprint density at radius 1 is 1.05 bits per heavy atom. The maximum atomic E-state index is 11.6. The third-order valence-corrected chi connectivity index (χ3v) is 3.06. The summed E-state index contributed by atoms with van der Waals surface area (Å²) in [7, 11) is 0. The standard InChI is InChI=1S/C17H24O4/c1-3-5-6-14-7-10-16(11-8-14)21-13-15(18)9-12-17(19)20-4-2/h7-8,10-11H,3-6,9,12-13H2,1-2H3. The number of rotatable bonds is 10. The first-order valence-corrected chi connectivity index (χ1v) is 7.54. The van der Waals surface area contributed by atoms with E-state index in [9.17, 15) is 9.59 Å². The van der Waals surface area contributed by atoms with E-state index in [4.69, 9.17) is 9.47 Å². The summed E-state index contributed by atoms with van der Waals surface area (Å²) in [4.78, 5) is 22.7. The van der Waals surface area contributed by atoms with Crippen LogP contribution in [0.4, 0.5) is 0 Å². The molecule has 0 fully saturated rings. The molecule has 1 aromatic carbocycles. The molecule has 0 heterocycles. The molecule has 0 saturated heterocycles. The summed E-state index contributed by atoms with van der Waals surface area (Å²) < 4.78 is 10.2.